The number of hydrogen-bond acceptors (Lipinski definition) is 1. The lowest BCUT2D eigenvalue weighted by atomic mass is 10.2. The van der Waals surface area contributed by atoms with Gasteiger partial charge in [-0.2, -0.15) is 0 Å². The van der Waals surface area contributed by atoms with Crippen molar-refractivity contribution in [3.63, 3.8) is 0 Å². The summed E-state index contributed by atoms with van der Waals surface area (Å²) in [5.74, 6) is 0.746. The molecule has 2 rings (SSSR count). The SMILES string of the molecule is Cc1cc2cc[nH]c(N)c-2c1. The van der Waals surface area contributed by atoms with Gasteiger partial charge in [-0.1, -0.05) is 6.07 Å². The predicted molar refractivity (Wildman–Crippen MR) is 46.6 cm³/mol. The number of nitrogens with one attached hydrogen (secondary N) is 1. The van der Waals surface area contributed by atoms with Gasteiger partial charge in [0.25, 0.3) is 0 Å². The molecular weight excluding hydrogens is 136 g/mol. The van der Waals surface area contributed by atoms with Crippen LogP contribution in [-0.2, 0) is 0 Å². The van der Waals surface area contributed by atoms with Crippen LogP contribution in [0.3, 0.4) is 0 Å². The summed E-state index contributed by atoms with van der Waals surface area (Å²) in [7, 11) is 0. The molecule has 0 saturated carbocycles. The summed E-state index contributed by atoms with van der Waals surface area (Å²) in [6, 6.07) is 6.24. The molecule has 2 aliphatic rings. The number of hydrogen-bond donors (Lipinski definition) is 2. The Labute approximate surface area is 65.4 Å². The molecule has 0 radical (unpaired) electrons. The summed E-state index contributed by atoms with van der Waals surface area (Å²) in [6.45, 7) is 2.07. The van der Waals surface area contributed by atoms with Crippen LogP contribution in [0.4, 0.5) is 5.82 Å². The fourth-order valence-corrected chi connectivity index (χ4v) is 1.35. The Morgan fingerprint density at radius 3 is 2.91 bits per heavy atom. The molecule has 0 unspecified atom stereocenters. The van der Waals surface area contributed by atoms with Gasteiger partial charge in [0, 0.05) is 11.8 Å². The number of aromatic amines is 1. The average Bonchev–Trinajstić information content (AvgIpc) is 2.31. The first-order valence-corrected chi connectivity index (χ1v) is 3.60. The van der Waals surface area contributed by atoms with Gasteiger partial charge < -0.3 is 10.7 Å². The maximum atomic E-state index is 5.71. The fraction of sp³-hybridized carbons (Fsp3) is 0.111. The lowest BCUT2D eigenvalue weighted by Crippen LogP contribution is -1.91. The van der Waals surface area contributed by atoms with Crippen LogP contribution in [0.2, 0.25) is 0 Å². The van der Waals surface area contributed by atoms with Gasteiger partial charge in [-0.25, -0.2) is 0 Å². The second kappa shape index (κ2) is 2.02. The zero-order valence-corrected chi connectivity index (χ0v) is 6.39. The molecule has 1 heterocycles. The van der Waals surface area contributed by atoms with Crippen molar-refractivity contribution in [2.75, 3.05) is 5.73 Å². The molecule has 56 valence electrons. The molecule has 3 N–H and O–H groups in total. The molecule has 0 bridgehead atoms. The average molecular weight is 146 g/mol. The Morgan fingerprint density at radius 2 is 2.18 bits per heavy atom. The molecule has 11 heavy (non-hydrogen) atoms. The maximum Gasteiger partial charge on any atom is 0.108 e. The van der Waals surface area contributed by atoms with E-state index in [1.165, 1.54) is 11.1 Å². The van der Waals surface area contributed by atoms with Gasteiger partial charge in [-0.3, -0.25) is 0 Å². The van der Waals surface area contributed by atoms with Crippen molar-refractivity contribution in [3.05, 3.63) is 30.0 Å². The first-order chi connectivity index (χ1) is 5.27. The van der Waals surface area contributed by atoms with E-state index >= 15 is 0 Å². The number of nitrogen functional groups attached to an aromatic ring is 1. The van der Waals surface area contributed by atoms with Crippen LogP contribution in [0, 0.1) is 6.92 Å². The molecule has 0 fully saturated rings. The number of pyridine rings is 1. The Balaban J connectivity index is 2.78. The fourth-order valence-electron chi connectivity index (χ4n) is 1.35. The topological polar surface area (TPSA) is 41.8 Å². The van der Waals surface area contributed by atoms with Crippen molar-refractivity contribution in [2.45, 2.75) is 6.92 Å². The molecule has 0 aromatic rings. The summed E-state index contributed by atoms with van der Waals surface area (Å²) in [5.41, 5.74) is 9.29. The molecule has 0 atom stereocenters. The van der Waals surface area contributed by atoms with Gasteiger partial charge in [0.2, 0.25) is 0 Å². The van der Waals surface area contributed by atoms with E-state index in [0.717, 1.165) is 11.4 Å². The van der Waals surface area contributed by atoms with E-state index in [1.807, 2.05) is 12.3 Å². The first-order valence-electron chi connectivity index (χ1n) is 3.60. The van der Waals surface area contributed by atoms with Crippen LogP contribution in [-0.4, -0.2) is 4.98 Å². The third-order valence-corrected chi connectivity index (χ3v) is 1.86. The second-order valence-corrected chi connectivity index (χ2v) is 2.79. The number of rotatable bonds is 0. The minimum Gasteiger partial charge on any atom is -0.385 e. The largest absolute Gasteiger partial charge is 0.385 e. The number of fused-ring (bicyclic) bond motifs is 1. The van der Waals surface area contributed by atoms with Crippen LogP contribution in [0.1, 0.15) is 5.56 Å². The number of H-pyrrole nitrogens is 1. The standard InChI is InChI=1S/C9H10N2/c1-6-4-7-2-3-11-9(10)8(7)5-6/h2-5,11H,10H2,1H3. The molecule has 2 nitrogen and oxygen atoms in total. The van der Waals surface area contributed by atoms with Crippen LogP contribution in [0.5, 0.6) is 0 Å². The van der Waals surface area contributed by atoms with Crippen molar-refractivity contribution < 1.29 is 0 Å². The minimum atomic E-state index is 0.746. The van der Waals surface area contributed by atoms with E-state index in [0.29, 0.717) is 0 Å². The van der Waals surface area contributed by atoms with E-state index in [4.69, 9.17) is 5.73 Å². The maximum absolute atomic E-state index is 5.71. The van der Waals surface area contributed by atoms with Crippen LogP contribution in [0.25, 0.3) is 11.1 Å². The number of aromatic nitrogens is 1. The van der Waals surface area contributed by atoms with Crippen molar-refractivity contribution in [1.29, 1.82) is 0 Å². The van der Waals surface area contributed by atoms with E-state index in [1.54, 1.807) is 0 Å². The van der Waals surface area contributed by atoms with Crippen molar-refractivity contribution in [2.24, 2.45) is 0 Å². The predicted octanol–water partition coefficient (Wildman–Crippen LogP) is 2.01. The monoisotopic (exact) mass is 146 g/mol. The van der Waals surface area contributed by atoms with Gasteiger partial charge >= 0.3 is 0 Å². The lowest BCUT2D eigenvalue weighted by molar-refractivity contribution is 1.34. The second-order valence-electron chi connectivity index (χ2n) is 2.79. The summed E-state index contributed by atoms with van der Waals surface area (Å²) in [6.07, 6.45) is 1.86. The summed E-state index contributed by atoms with van der Waals surface area (Å²) in [5, 5.41) is 0. The Hall–Kier alpha value is -1.44. The van der Waals surface area contributed by atoms with Gasteiger partial charge in [0.05, 0.1) is 0 Å². The number of nitrogens with two attached hydrogens (primary N) is 1. The first kappa shape index (κ1) is 6.28. The summed E-state index contributed by atoms with van der Waals surface area (Å²) in [4.78, 5) is 2.97. The number of anilines is 1. The molecule has 1 aliphatic heterocycles. The molecule has 0 spiro atoms. The molecular formula is C9H10N2. The zero-order valence-electron chi connectivity index (χ0n) is 6.39. The molecule has 0 aromatic carbocycles. The summed E-state index contributed by atoms with van der Waals surface area (Å²) < 4.78 is 0. The zero-order chi connectivity index (χ0) is 7.84. The van der Waals surface area contributed by atoms with Crippen molar-refractivity contribution in [3.8, 4) is 11.1 Å². The highest BCUT2D eigenvalue weighted by molar-refractivity contribution is 5.77. The van der Waals surface area contributed by atoms with Gasteiger partial charge in [0.15, 0.2) is 0 Å². The molecule has 0 amide bonds. The molecule has 2 heteroatoms. The van der Waals surface area contributed by atoms with Crippen LogP contribution < -0.4 is 5.73 Å². The highest BCUT2D eigenvalue weighted by Crippen LogP contribution is 2.28. The van der Waals surface area contributed by atoms with Gasteiger partial charge in [-0.05, 0) is 30.2 Å². The minimum absolute atomic E-state index is 0.746. The van der Waals surface area contributed by atoms with Crippen molar-refractivity contribution in [1.82, 2.24) is 4.98 Å². The quantitative estimate of drug-likeness (QED) is 0.586. The number of aryl methyl sites for hydroxylation is 1. The van der Waals surface area contributed by atoms with Gasteiger partial charge in [0.1, 0.15) is 5.82 Å². The highest BCUT2D eigenvalue weighted by atomic mass is 14.8. The molecule has 0 aromatic heterocycles. The Bertz CT molecular complexity index is 349. The van der Waals surface area contributed by atoms with Crippen LogP contribution >= 0.6 is 0 Å². The smallest absolute Gasteiger partial charge is 0.108 e. The van der Waals surface area contributed by atoms with Crippen molar-refractivity contribution >= 4 is 5.82 Å². The van der Waals surface area contributed by atoms with E-state index in [2.05, 4.69) is 24.0 Å². The Kier molecular flexibility index (Phi) is 1.15. The van der Waals surface area contributed by atoms with E-state index < -0.39 is 0 Å². The molecule has 0 saturated heterocycles. The summed E-state index contributed by atoms with van der Waals surface area (Å²) >= 11 is 0. The third kappa shape index (κ3) is 0.871. The highest BCUT2D eigenvalue weighted by Gasteiger charge is 2.05. The van der Waals surface area contributed by atoms with E-state index in [-0.39, 0.29) is 0 Å². The van der Waals surface area contributed by atoms with E-state index in [9.17, 15) is 0 Å². The normalized spacial score (nSPS) is 10.6. The lowest BCUT2D eigenvalue weighted by Gasteiger charge is -2.00. The molecule has 1 aliphatic carbocycles. The Morgan fingerprint density at radius 1 is 1.36 bits per heavy atom. The third-order valence-electron chi connectivity index (χ3n) is 1.86. The van der Waals surface area contributed by atoms with Gasteiger partial charge in [-0.15, -0.1) is 0 Å². The van der Waals surface area contributed by atoms with Crippen LogP contribution in [0.15, 0.2) is 24.4 Å².